The number of nitrogens with two attached hydrogens (primary N) is 1. The first-order chi connectivity index (χ1) is 12.8. The summed E-state index contributed by atoms with van der Waals surface area (Å²) in [5.41, 5.74) is 6.17. The van der Waals surface area contributed by atoms with Crippen molar-refractivity contribution in [3.8, 4) is 5.75 Å². The van der Waals surface area contributed by atoms with E-state index in [9.17, 15) is 4.79 Å². The highest BCUT2D eigenvalue weighted by Gasteiger charge is 2.24. The van der Waals surface area contributed by atoms with Crippen molar-refractivity contribution in [3.05, 3.63) is 52.2 Å². The summed E-state index contributed by atoms with van der Waals surface area (Å²) in [4.78, 5) is 15.8. The highest BCUT2D eigenvalue weighted by Crippen LogP contribution is 2.20. The number of carbonyl (C=O) groups excluding carboxylic acids is 1. The Kier molecular flexibility index (Phi) is 7.05. The van der Waals surface area contributed by atoms with Crippen LogP contribution in [0.1, 0.15) is 34.5 Å². The minimum Gasteiger partial charge on any atom is -0.488 e. The van der Waals surface area contributed by atoms with E-state index in [1.165, 1.54) is 4.88 Å². The molecule has 2 aromatic rings. The molecule has 1 aromatic heterocycles. The van der Waals surface area contributed by atoms with Crippen molar-refractivity contribution in [2.24, 2.45) is 5.73 Å². The number of rotatable bonds is 8. The smallest absolute Gasteiger partial charge is 0.253 e. The van der Waals surface area contributed by atoms with E-state index in [0.29, 0.717) is 25.3 Å². The molecular formula is C20H26N2O3S. The molecule has 0 bridgehead atoms. The fourth-order valence-corrected chi connectivity index (χ4v) is 3.63. The van der Waals surface area contributed by atoms with Gasteiger partial charge in [-0.25, -0.2) is 0 Å². The Labute approximate surface area is 158 Å². The van der Waals surface area contributed by atoms with Gasteiger partial charge in [-0.2, -0.15) is 0 Å². The third-order valence-corrected chi connectivity index (χ3v) is 5.32. The minimum absolute atomic E-state index is 0.0620. The fourth-order valence-electron chi connectivity index (χ4n) is 3.01. The average molecular weight is 375 g/mol. The van der Waals surface area contributed by atoms with Crippen LogP contribution in [-0.2, 0) is 11.3 Å². The monoisotopic (exact) mass is 374 g/mol. The minimum atomic E-state index is 0.0620. The van der Waals surface area contributed by atoms with E-state index >= 15 is 0 Å². The second kappa shape index (κ2) is 9.71. The zero-order valence-corrected chi connectivity index (χ0v) is 15.7. The highest BCUT2D eigenvalue weighted by atomic mass is 32.1. The number of nitrogens with zero attached hydrogens (tertiary/aromatic N) is 1. The molecule has 1 saturated heterocycles. The van der Waals surface area contributed by atoms with Gasteiger partial charge in [0.1, 0.15) is 12.4 Å². The van der Waals surface area contributed by atoms with Crippen LogP contribution < -0.4 is 10.5 Å². The number of benzene rings is 1. The number of likely N-dealkylation sites (tertiary alicyclic amines) is 1. The predicted octanol–water partition coefficient (Wildman–Crippen LogP) is 3.30. The molecule has 2 heterocycles. The molecule has 0 radical (unpaired) electrons. The van der Waals surface area contributed by atoms with Crippen LogP contribution in [0.25, 0.3) is 0 Å². The Morgan fingerprint density at radius 3 is 2.81 bits per heavy atom. The predicted molar refractivity (Wildman–Crippen MR) is 104 cm³/mol. The van der Waals surface area contributed by atoms with Gasteiger partial charge in [0.2, 0.25) is 0 Å². The van der Waals surface area contributed by atoms with Gasteiger partial charge in [0, 0.05) is 30.1 Å². The lowest BCUT2D eigenvalue weighted by molar-refractivity contribution is 0.00843. The number of amides is 1. The molecule has 1 aromatic carbocycles. The largest absolute Gasteiger partial charge is 0.488 e. The summed E-state index contributed by atoms with van der Waals surface area (Å²) in [6.45, 7) is 3.35. The van der Waals surface area contributed by atoms with Crippen molar-refractivity contribution in [2.45, 2.75) is 32.0 Å². The SMILES string of the molecule is NCCCOC1CCN(C(=O)c2cccc(OCc3cccs3)c2)CC1. The molecule has 1 aliphatic heterocycles. The second-order valence-electron chi connectivity index (χ2n) is 6.40. The molecular weight excluding hydrogens is 348 g/mol. The fraction of sp³-hybridized carbons (Fsp3) is 0.450. The van der Waals surface area contributed by atoms with Crippen LogP contribution >= 0.6 is 11.3 Å². The quantitative estimate of drug-likeness (QED) is 0.720. The molecule has 1 fully saturated rings. The lowest BCUT2D eigenvalue weighted by Crippen LogP contribution is -2.41. The lowest BCUT2D eigenvalue weighted by atomic mass is 10.1. The molecule has 2 N–H and O–H groups in total. The maximum atomic E-state index is 12.8. The van der Waals surface area contributed by atoms with Crippen molar-refractivity contribution in [3.63, 3.8) is 0 Å². The van der Waals surface area contributed by atoms with E-state index in [4.69, 9.17) is 15.2 Å². The van der Waals surface area contributed by atoms with E-state index in [-0.39, 0.29) is 12.0 Å². The first-order valence-electron chi connectivity index (χ1n) is 9.12. The molecule has 0 spiro atoms. The van der Waals surface area contributed by atoms with Crippen molar-refractivity contribution >= 4 is 17.2 Å². The van der Waals surface area contributed by atoms with Crippen LogP contribution in [0.2, 0.25) is 0 Å². The number of carbonyl (C=O) groups is 1. The van der Waals surface area contributed by atoms with Crippen molar-refractivity contribution in [1.82, 2.24) is 4.90 Å². The standard InChI is InChI=1S/C20H26N2O3S/c21-9-3-12-24-17-7-10-22(11-8-17)20(23)16-4-1-5-18(14-16)25-15-19-6-2-13-26-19/h1-2,4-6,13-14,17H,3,7-12,15,21H2. The van der Waals surface area contributed by atoms with Gasteiger partial charge >= 0.3 is 0 Å². The highest BCUT2D eigenvalue weighted by molar-refractivity contribution is 7.09. The summed E-state index contributed by atoms with van der Waals surface area (Å²) >= 11 is 1.66. The third-order valence-electron chi connectivity index (χ3n) is 4.47. The third kappa shape index (κ3) is 5.30. The summed E-state index contributed by atoms with van der Waals surface area (Å²) in [6.07, 6.45) is 2.89. The van der Waals surface area contributed by atoms with Gasteiger partial charge in [-0.1, -0.05) is 12.1 Å². The summed E-state index contributed by atoms with van der Waals surface area (Å²) in [6, 6.07) is 11.5. The van der Waals surface area contributed by atoms with E-state index in [0.717, 1.165) is 38.1 Å². The first-order valence-corrected chi connectivity index (χ1v) is 10.0. The molecule has 1 amide bonds. The number of piperidine rings is 1. The molecule has 0 saturated carbocycles. The van der Waals surface area contributed by atoms with Gasteiger partial charge in [-0.15, -0.1) is 11.3 Å². The topological polar surface area (TPSA) is 64.8 Å². The summed E-state index contributed by atoms with van der Waals surface area (Å²) in [7, 11) is 0. The van der Waals surface area contributed by atoms with Gasteiger partial charge in [0.25, 0.3) is 5.91 Å². The molecule has 6 heteroatoms. The Hall–Kier alpha value is -1.89. The van der Waals surface area contributed by atoms with E-state index in [1.807, 2.05) is 46.7 Å². The Morgan fingerprint density at radius 2 is 2.08 bits per heavy atom. The number of hydrogen-bond acceptors (Lipinski definition) is 5. The van der Waals surface area contributed by atoms with Crippen LogP contribution in [-0.4, -0.2) is 43.2 Å². The van der Waals surface area contributed by atoms with E-state index in [2.05, 4.69) is 0 Å². The molecule has 0 unspecified atom stereocenters. The Balaban J connectivity index is 1.51. The van der Waals surface area contributed by atoms with Gasteiger partial charge in [-0.3, -0.25) is 4.79 Å². The Morgan fingerprint density at radius 1 is 1.23 bits per heavy atom. The summed E-state index contributed by atoms with van der Waals surface area (Å²) in [5, 5.41) is 2.03. The maximum Gasteiger partial charge on any atom is 0.253 e. The molecule has 1 aliphatic rings. The zero-order chi connectivity index (χ0) is 18.2. The number of ether oxygens (including phenoxy) is 2. The van der Waals surface area contributed by atoms with Crippen LogP contribution in [0.3, 0.4) is 0 Å². The molecule has 26 heavy (non-hydrogen) atoms. The average Bonchev–Trinajstić information content (AvgIpc) is 3.20. The van der Waals surface area contributed by atoms with Crippen molar-refractivity contribution in [1.29, 1.82) is 0 Å². The van der Waals surface area contributed by atoms with Crippen molar-refractivity contribution in [2.75, 3.05) is 26.2 Å². The van der Waals surface area contributed by atoms with Gasteiger partial charge in [-0.05, 0) is 55.5 Å². The molecule has 140 valence electrons. The van der Waals surface area contributed by atoms with Crippen molar-refractivity contribution < 1.29 is 14.3 Å². The van der Waals surface area contributed by atoms with E-state index in [1.54, 1.807) is 11.3 Å². The summed E-state index contributed by atoms with van der Waals surface area (Å²) < 4.78 is 11.6. The second-order valence-corrected chi connectivity index (χ2v) is 7.43. The molecule has 0 atom stereocenters. The Bertz CT molecular complexity index is 682. The maximum absolute atomic E-state index is 12.8. The number of thiophene rings is 1. The molecule has 3 rings (SSSR count). The first kappa shape index (κ1) is 18.9. The van der Waals surface area contributed by atoms with Crippen LogP contribution in [0.4, 0.5) is 0 Å². The van der Waals surface area contributed by atoms with Gasteiger partial charge < -0.3 is 20.1 Å². The van der Waals surface area contributed by atoms with Crippen LogP contribution in [0.5, 0.6) is 5.75 Å². The zero-order valence-electron chi connectivity index (χ0n) is 14.9. The normalized spacial score (nSPS) is 15.2. The molecule has 5 nitrogen and oxygen atoms in total. The van der Waals surface area contributed by atoms with Crippen LogP contribution in [0, 0.1) is 0 Å². The molecule has 0 aliphatic carbocycles. The lowest BCUT2D eigenvalue weighted by Gasteiger charge is -2.32. The summed E-state index contributed by atoms with van der Waals surface area (Å²) in [5.74, 6) is 0.788. The number of hydrogen-bond donors (Lipinski definition) is 1. The van der Waals surface area contributed by atoms with Gasteiger partial charge in [0.05, 0.1) is 6.10 Å². The van der Waals surface area contributed by atoms with E-state index < -0.39 is 0 Å². The van der Waals surface area contributed by atoms with Gasteiger partial charge in [0.15, 0.2) is 0 Å². The van der Waals surface area contributed by atoms with Crippen LogP contribution in [0.15, 0.2) is 41.8 Å².